The lowest BCUT2D eigenvalue weighted by Crippen LogP contribution is -2.55. The summed E-state index contributed by atoms with van der Waals surface area (Å²) in [6, 6.07) is 10.1. The molecule has 2 heterocycles. The minimum absolute atomic E-state index is 0.0338. The van der Waals surface area contributed by atoms with Gasteiger partial charge in [-0.3, -0.25) is 14.4 Å². The zero-order valence-electron chi connectivity index (χ0n) is 21.3. The average Bonchev–Trinajstić information content (AvgIpc) is 3.33. The van der Waals surface area contributed by atoms with Crippen molar-refractivity contribution in [1.82, 2.24) is 15.6 Å². The Hall–Kier alpha value is -2.91. The molecule has 3 rings (SSSR count). The molecule has 0 radical (unpaired) electrons. The van der Waals surface area contributed by atoms with Gasteiger partial charge in [-0.2, -0.15) is 0 Å². The Balaban J connectivity index is 1.89. The maximum Gasteiger partial charge on any atom is 0.475 e. The zero-order valence-corrected chi connectivity index (χ0v) is 21.3. The van der Waals surface area contributed by atoms with Gasteiger partial charge in [-0.25, -0.2) is 0 Å². The molecule has 36 heavy (non-hydrogen) atoms. The fourth-order valence-corrected chi connectivity index (χ4v) is 4.67. The van der Waals surface area contributed by atoms with Crippen LogP contribution in [0.2, 0.25) is 0 Å². The van der Waals surface area contributed by atoms with Crippen molar-refractivity contribution in [3.05, 3.63) is 58.9 Å². The summed E-state index contributed by atoms with van der Waals surface area (Å²) in [5, 5.41) is 25.1. The third-order valence-corrected chi connectivity index (χ3v) is 6.66. The van der Waals surface area contributed by atoms with E-state index in [0.29, 0.717) is 18.5 Å². The number of aryl methyl sites for hydroxylation is 1. The molecule has 0 fully saturated rings. The van der Waals surface area contributed by atoms with E-state index in [1.54, 1.807) is 12.1 Å². The summed E-state index contributed by atoms with van der Waals surface area (Å²) in [7, 11) is -1.72. The summed E-state index contributed by atoms with van der Waals surface area (Å²) in [4.78, 5) is 41.8. The molecule has 0 saturated heterocycles. The van der Waals surface area contributed by atoms with Gasteiger partial charge in [-0.15, -0.1) is 0 Å². The third-order valence-electron chi connectivity index (χ3n) is 6.66. The van der Waals surface area contributed by atoms with Crippen LogP contribution in [0.4, 0.5) is 0 Å². The molecule has 1 aromatic carbocycles. The van der Waals surface area contributed by atoms with Crippen LogP contribution in [0.15, 0.2) is 36.4 Å². The highest BCUT2D eigenvalue weighted by Gasteiger charge is 2.31. The highest BCUT2D eigenvalue weighted by atomic mass is 16.4. The zero-order chi connectivity index (χ0) is 26.1. The normalized spacial score (nSPS) is 18.6. The van der Waals surface area contributed by atoms with Gasteiger partial charge >= 0.3 is 7.12 Å². The second-order valence-corrected chi connectivity index (χ2v) is 10.1. The molecule has 0 saturated carbocycles. The number of hydrogen-bond donors (Lipinski definition) is 5. The van der Waals surface area contributed by atoms with Crippen molar-refractivity contribution >= 4 is 24.7 Å². The largest absolute Gasteiger partial charge is 0.475 e. The highest BCUT2D eigenvalue weighted by molar-refractivity contribution is 6.43. The summed E-state index contributed by atoms with van der Waals surface area (Å²) in [6.07, 6.45) is 6.83. The molecule has 1 unspecified atom stereocenters. The molecule has 8 nitrogen and oxygen atoms in total. The van der Waals surface area contributed by atoms with Crippen molar-refractivity contribution in [2.24, 2.45) is 5.92 Å². The smallest absolute Gasteiger partial charge is 0.426 e. The first-order valence-electron chi connectivity index (χ1n) is 13.0. The van der Waals surface area contributed by atoms with Crippen LogP contribution in [0, 0.1) is 5.92 Å². The number of ketones is 1. The van der Waals surface area contributed by atoms with Crippen LogP contribution in [0.3, 0.4) is 0 Å². The molecule has 1 aliphatic heterocycles. The fourth-order valence-electron chi connectivity index (χ4n) is 4.67. The van der Waals surface area contributed by atoms with Crippen LogP contribution in [0.5, 0.6) is 0 Å². The predicted molar refractivity (Wildman–Crippen MR) is 140 cm³/mol. The Morgan fingerprint density at radius 3 is 2.31 bits per heavy atom. The molecule has 1 aliphatic rings. The Morgan fingerprint density at radius 2 is 1.61 bits per heavy atom. The second kappa shape index (κ2) is 13.4. The standard InChI is InChI=1S/C27H38BN3O5/c1-18(2)16-25(28(35)36)31-27(34)23-17-20-12-9-8-11-19(20)10-6-4-3-5-7-13-24(32)21-14-15-22(29-21)26(33)30-23/h8-9,11-12,14-15,18,23,25,29,35-36H,3-7,10,13,16-17H2,1-2H3,(H,30,33)(H,31,34)/t23-,25?/m0/s1. The van der Waals surface area contributed by atoms with Crippen molar-refractivity contribution < 1.29 is 24.4 Å². The van der Waals surface area contributed by atoms with Crippen LogP contribution in [0.1, 0.15) is 90.9 Å². The number of H-pyrrole nitrogens is 1. The number of benzene rings is 1. The fraction of sp³-hybridized carbons (Fsp3) is 0.519. The second-order valence-electron chi connectivity index (χ2n) is 10.1. The minimum Gasteiger partial charge on any atom is -0.426 e. The first-order chi connectivity index (χ1) is 17.2. The molecule has 0 spiro atoms. The maximum atomic E-state index is 13.3. The van der Waals surface area contributed by atoms with Gasteiger partial charge in [0.15, 0.2) is 5.78 Å². The van der Waals surface area contributed by atoms with Gasteiger partial charge in [-0.1, -0.05) is 57.4 Å². The number of aromatic nitrogens is 1. The molecule has 5 N–H and O–H groups in total. The molecule has 2 aromatic rings. The minimum atomic E-state index is -1.72. The molecule has 194 valence electrons. The van der Waals surface area contributed by atoms with Gasteiger partial charge in [0.2, 0.25) is 5.91 Å². The summed E-state index contributed by atoms with van der Waals surface area (Å²) < 4.78 is 0. The molecule has 0 aliphatic carbocycles. The molecule has 2 atom stereocenters. The van der Waals surface area contributed by atoms with Crippen molar-refractivity contribution in [2.45, 2.75) is 83.6 Å². The highest BCUT2D eigenvalue weighted by Crippen LogP contribution is 2.18. The lowest BCUT2D eigenvalue weighted by molar-refractivity contribution is -0.123. The van der Waals surface area contributed by atoms with Gasteiger partial charge in [-0.05, 0) is 54.9 Å². The average molecular weight is 495 g/mol. The van der Waals surface area contributed by atoms with E-state index in [2.05, 4.69) is 21.7 Å². The van der Waals surface area contributed by atoms with E-state index in [9.17, 15) is 24.4 Å². The van der Waals surface area contributed by atoms with Gasteiger partial charge in [0.05, 0.1) is 11.6 Å². The summed E-state index contributed by atoms with van der Waals surface area (Å²) >= 11 is 0. The van der Waals surface area contributed by atoms with E-state index >= 15 is 0 Å². The molecular formula is C27H38BN3O5. The summed E-state index contributed by atoms with van der Waals surface area (Å²) in [5.41, 5.74) is 2.69. The van der Waals surface area contributed by atoms with Crippen LogP contribution < -0.4 is 10.6 Å². The van der Waals surface area contributed by atoms with Gasteiger partial charge in [0, 0.05) is 12.8 Å². The Bertz CT molecular complexity index is 1040. The van der Waals surface area contributed by atoms with Gasteiger partial charge in [0.25, 0.3) is 5.91 Å². The number of rotatable bonds is 5. The monoisotopic (exact) mass is 495 g/mol. The topological polar surface area (TPSA) is 132 Å². The van der Waals surface area contributed by atoms with E-state index in [4.69, 9.17) is 0 Å². The molecule has 9 heteroatoms. The van der Waals surface area contributed by atoms with E-state index in [1.807, 2.05) is 32.0 Å². The van der Waals surface area contributed by atoms with Crippen LogP contribution >= 0.6 is 0 Å². The van der Waals surface area contributed by atoms with Crippen LogP contribution in [0.25, 0.3) is 0 Å². The van der Waals surface area contributed by atoms with Crippen molar-refractivity contribution in [3.8, 4) is 0 Å². The number of aromatic amines is 1. The van der Waals surface area contributed by atoms with Gasteiger partial charge in [0.1, 0.15) is 11.7 Å². The van der Waals surface area contributed by atoms with E-state index in [1.165, 1.54) is 0 Å². The number of carbonyl (C=O) groups excluding carboxylic acids is 3. The van der Waals surface area contributed by atoms with Crippen LogP contribution in [-0.4, -0.2) is 51.7 Å². The van der Waals surface area contributed by atoms with Crippen molar-refractivity contribution in [2.75, 3.05) is 0 Å². The number of fused-ring (bicyclic) bond motifs is 3. The molecule has 1 aromatic heterocycles. The predicted octanol–water partition coefficient (Wildman–Crippen LogP) is 2.98. The lowest BCUT2D eigenvalue weighted by Gasteiger charge is -2.25. The third kappa shape index (κ3) is 8.06. The van der Waals surface area contributed by atoms with E-state index in [-0.39, 0.29) is 23.8 Å². The quantitative estimate of drug-likeness (QED) is 0.407. The van der Waals surface area contributed by atoms with Crippen molar-refractivity contribution in [1.29, 1.82) is 0 Å². The first-order valence-corrected chi connectivity index (χ1v) is 13.0. The van der Waals surface area contributed by atoms with Crippen molar-refractivity contribution in [3.63, 3.8) is 0 Å². The number of carbonyl (C=O) groups is 3. The van der Waals surface area contributed by atoms with Crippen LogP contribution in [-0.2, 0) is 17.6 Å². The van der Waals surface area contributed by atoms with E-state index < -0.39 is 30.9 Å². The number of hydrogen-bond acceptors (Lipinski definition) is 5. The summed E-state index contributed by atoms with van der Waals surface area (Å²) in [5.74, 6) is -1.75. The number of Topliss-reactive ketones (excluding diaryl/α,β-unsaturated/α-hetero) is 1. The van der Waals surface area contributed by atoms with Gasteiger partial charge < -0.3 is 25.7 Å². The number of amides is 2. The SMILES string of the molecule is CC(C)CC(NC(=O)[C@@H]1Cc2ccccc2CCCCCCCC(=O)c2ccc([nH]2)C(=O)N1)B(O)O. The van der Waals surface area contributed by atoms with E-state index in [0.717, 1.165) is 49.7 Å². The Kier molecular flexibility index (Phi) is 10.3. The molecular weight excluding hydrogens is 457 g/mol. The number of nitrogens with one attached hydrogen (secondary N) is 3. The Labute approximate surface area is 213 Å². The molecule has 2 bridgehead atoms. The lowest BCUT2D eigenvalue weighted by atomic mass is 9.75. The molecule has 2 amide bonds. The maximum absolute atomic E-state index is 13.3. The summed E-state index contributed by atoms with van der Waals surface area (Å²) in [6.45, 7) is 3.86. The Morgan fingerprint density at radius 1 is 0.972 bits per heavy atom. The first kappa shape index (κ1) is 27.7.